The molecule has 0 bridgehead atoms. The van der Waals surface area contributed by atoms with Gasteiger partial charge in [0.15, 0.2) is 11.5 Å². The summed E-state index contributed by atoms with van der Waals surface area (Å²) in [5.41, 5.74) is 2.14. The summed E-state index contributed by atoms with van der Waals surface area (Å²) in [7, 11) is 3.21. The number of para-hydroxylation sites is 1. The van der Waals surface area contributed by atoms with Crippen molar-refractivity contribution in [2.45, 2.75) is 13.0 Å². The molecule has 110 valence electrons. The maximum atomic E-state index is 7.16. The summed E-state index contributed by atoms with van der Waals surface area (Å²) < 4.78 is 16.5. The van der Waals surface area contributed by atoms with Crippen molar-refractivity contribution in [3.05, 3.63) is 53.6 Å². The zero-order valence-corrected chi connectivity index (χ0v) is 12.3. The first-order chi connectivity index (χ1) is 10.3. The van der Waals surface area contributed by atoms with Crippen LogP contribution in [0, 0.1) is 5.41 Å². The standard InChI is InChI=1S/C17H19NO3/c1-19-15-7-4-8-16(20-2)17(15)21-12-14-6-3-5-13(11-14)9-10-18/h3-8,10-11,18H,9,12H2,1-2H3. The molecule has 0 heterocycles. The number of methoxy groups -OCH3 is 2. The highest BCUT2D eigenvalue weighted by molar-refractivity contribution is 5.58. The van der Waals surface area contributed by atoms with Gasteiger partial charge in [0, 0.05) is 6.42 Å². The van der Waals surface area contributed by atoms with Crippen molar-refractivity contribution in [3.8, 4) is 17.2 Å². The molecule has 4 nitrogen and oxygen atoms in total. The minimum Gasteiger partial charge on any atom is -0.493 e. The van der Waals surface area contributed by atoms with E-state index in [0.29, 0.717) is 30.3 Å². The Morgan fingerprint density at radius 2 is 1.57 bits per heavy atom. The van der Waals surface area contributed by atoms with Crippen LogP contribution in [0.5, 0.6) is 17.2 Å². The molecule has 2 aromatic rings. The summed E-state index contributed by atoms with van der Waals surface area (Å²) in [4.78, 5) is 0. The molecule has 0 aliphatic rings. The quantitative estimate of drug-likeness (QED) is 0.792. The molecule has 0 atom stereocenters. The van der Waals surface area contributed by atoms with Gasteiger partial charge in [-0.15, -0.1) is 0 Å². The van der Waals surface area contributed by atoms with Gasteiger partial charge in [-0.3, -0.25) is 0 Å². The number of hydrogen-bond acceptors (Lipinski definition) is 4. The number of ether oxygens (including phenoxy) is 3. The van der Waals surface area contributed by atoms with E-state index in [2.05, 4.69) is 0 Å². The molecule has 0 saturated heterocycles. The van der Waals surface area contributed by atoms with E-state index >= 15 is 0 Å². The van der Waals surface area contributed by atoms with E-state index in [0.717, 1.165) is 11.1 Å². The average Bonchev–Trinajstić information content (AvgIpc) is 2.53. The van der Waals surface area contributed by atoms with Gasteiger partial charge in [-0.2, -0.15) is 0 Å². The van der Waals surface area contributed by atoms with E-state index in [-0.39, 0.29) is 0 Å². The van der Waals surface area contributed by atoms with Crippen molar-refractivity contribution in [2.24, 2.45) is 0 Å². The van der Waals surface area contributed by atoms with Crippen molar-refractivity contribution in [1.29, 1.82) is 5.41 Å². The van der Waals surface area contributed by atoms with Crippen LogP contribution >= 0.6 is 0 Å². The summed E-state index contributed by atoms with van der Waals surface area (Å²) in [6, 6.07) is 13.5. The average molecular weight is 285 g/mol. The van der Waals surface area contributed by atoms with Crippen molar-refractivity contribution in [1.82, 2.24) is 0 Å². The van der Waals surface area contributed by atoms with Gasteiger partial charge in [-0.1, -0.05) is 30.3 Å². The van der Waals surface area contributed by atoms with Crippen LogP contribution in [-0.2, 0) is 13.0 Å². The highest BCUT2D eigenvalue weighted by atomic mass is 16.5. The lowest BCUT2D eigenvalue weighted by Gasteiger charge is -2.14. The fourth-order valence-corrected chi connectivity index (χ4v) is 2.08. The zero-order valence-electron chi connectivity index (χ0n) is 12.3. The molecule has 21 heavy (non-hydrogen) atoms. The molecule has 0 aliphatic carbocycles. The van der Waals surface area contributed by atoms with Gasteiger partial charge < -0.3 is 19.6 Å². The Bertz CT molecular complexity index is 588. The first kappa shape index (κ1) is 14.9. The van der Waals surface area contributed by atoms with Crippen LogP contribution in [0.2, 0.25) is 0 Å². The van der Waals surface area contributed by atoms with Crippen LogP contribution in [0.25, 0.3) is 0 Å². The first-order valence-corrected chi connectivity index (χ1v) is 6.69. The minimum atomic E-state index is 0.419. The van der Waals surface area contributed by atoms with Crippen LogP contribution in [0.15, 0.2) is 42.5 Å². The predicted octanol–water partition coefficient (Wildman–Crippen LogP) is 3.47. The lowest BCUT2D eigenvalue weighted by Crippen LogP contribution is -2.00. The van der Waals surface area contributed by atoms with E-state index < -0.39 is 0 Å². The molecule has 0 fully saturated rings. The Hall–Kier alpha value is -2.49. The SMILES string of the molecule is COc1cccc(OC)c1OCc1cccc(CC=N)c1. The van der Waals surface area contributed by atoms with Crippen molar-refractivity contribution in [3.63, 3.8) is 0 Å². The second-order valence-electron chi connectivity index (χ2n) is 4.51. The number of hydrogen-bond donors (Lipinski definition) is 1. The van der Waals surface area contributed by atoms with Gasteiger partial charge in [0.25, 0.3) is 0 Å². The maximum Gasteiger partial charge on any atom is 0.203 e. The van der Waals surface area contributed by atoms with Gasteiger partial charge in [0.1, 0.15) is 6.61 Å². The Balaban J connectivity index is 2.16. The van der Waals surface area contributed by atoms with E-state index in [1.54, 1.807) is 14.2 Å². The Morgan fingerprint density at radius 3 is 2.19 bits per heavy atom. The van der Waals surface area contributed by atoms with Crippen LogP contribution in [0.4, 0.5) is 0 Å². The van der Waals surface area contributed by atoms with Gasteiger partial charge in [-0.05, 0) is 29.5 Å². The van der Waals surface area contributed by atoms with Gasteiger partial charge in [0.05, 0.1) is 14.2 Å². The number of benzene rings is 2. The van der Waals surface area contributed by atoms with E-state index in [1.165, 1.54) is 6.21 Å². The van der Waals surface area contributed by atoms with Crippen molar-refractivity contribution < 1.29 is 14.2 Å². The highest BCUT2D eigenvalue weighted by Gasteiger charge is 2.11. The smallest absolute Gasteiger partial charge is 0.203 e. The fraction of sp³-hybridized carbons (Fsp3) is 0.235. The van der Waals surface area contributed by atoms with Crippen molar-refractivity contribution in [2.75, 3.05) is 14.2 Å². The first-order valence-electron chi connectivity index (χ1n) is 6.69. The summed E-state index contributed by atoms with van der Waals surface area (Å²) in [5.74, 6) is 1.88. The molecule has 0 saturated carbocycles. The van der Waals surface area contributed by atoms with Gasteiger partial charge in [-0.25, -0.2) is 0 Å². The largest absolute Gasteiger partial charge is 0.493 e. The molecule has 0 radical (unpaired) electrons. The molecule has 0 unspecified atom stereocenters. The summed E-state index contributed by atoms with van der Waals surface area (Å²) >= 11 is 0. The lowest BCUT2D eigenvalue weighted by atomic mass is 10.1. The van der Waals surface area contributed by atoms with E-state index in [9.17, 15) is 0 Å². The van der Waals surface area contributed by atoms with E-state index in [4.69, 9.17) is 19.6 Å². The third-order valence-electron chi connectivity index (χ3n) is 3.09. The van der Waals surface area contributed by atoms with Gasteiger partial charge in [0.2, 0.25) is 5.75 Å². The fourth-order valence-electron chi connectivity index (χ4n) is 2.08. The topological polar surface area (TPSA) is 51.5 Å². The lowest BCUT2D eigenvalue weighted by molar-refractivity contribution is 0.266. The maximum absolute atomic E-state index is 7.16. The number of rotatable bonds is 7. The van der Waals surface area contributed by atoms with Gasteiger partial charge >= 0.3 is 0 Å². The molecule has 4 heteroatoms. The number of nitrogens with one attached hydrogen (secondary N) is 1. The monoisotopic (exact) mass is 285 g/mol. The molecule has 0 aromatic heterocycles. The van der Waals surface area contributed by atoms with Crippen LogP contribution < -0.4 is 14.2 Å². The molecule has 0 aliphatic heterocycles. The van der Waals surface area contributed by atoms with E-state index in [1.807, 2.05) is 42.5 Å². The Kier molecular flexibility index (Phi) is 5.21. The Morgan fingerprint density at radius 1 is 0.952 bits per heavy atom. The van der Waals surface area contributed by atoms with Crippen LogP contribution in [0.1, 0.15) is 11.1 Å². The predicted molar refractivity (Wildman–Crippen MR) is 82.8 cm³/mol. The second kappa shape index (κ2) is 7.33. The molecule has 0 amide bonds. The minimum absolute atomic E-state index is 0.419. The molecule has 0 spiro atoms. The third-order valence-corrected chi connectivity index (χ3v) is 3.09. The zero-order chi connectivity index (χ0) is 15.1. The normalized spacial score (nSPS) is 10.0. The highest BCUT2D eigenvalue weighted by Crippen LogP contribution is 2.37. The molecular formula is C17H19NO3. The Labute approximate surface area is 124 Å². The molecule has 2 rings (SSSR count). The molecule has 1 N–H and O–H groups in total. The summed E-state index contributed by atoms with van der Waals surface area (Å²) in [5, 5.41) is 7.16. The second-order valence-corrected chi connectivity index (χ2v) is 4.51. The summed E-state index contributed by atoms with van der Waals surface area (Å²) in [6.45, 7) is 0.419. The third kappa shape index (κ3) is 3.75. The van der Waals surface area contributed by atoms with Crippen LogP contribution in [0.3, 0.4) is 0 Å². The summed E-state index contributed by atoms with van der Waals surface area (Å²) in [6.07, 6.45) is 2.02. The van der Waals surface area contributed by atoms with Crippen LogP contribution in [-0.4, -0.2) is 20.4 Å². The molecular weight excluding hydrogens is 266 g/mol. The van der Waals surface area contributed by atoms with Crippen molar-refractivity contribution >= 4 is 6.21 Å². The molecule has 2 aromatic carbocycles.